The summed E-state index contributed by atoms with van der Waals surface area (Å²) < 4.78 is 10.2. The van der Waals surface area contributed by atoms with Crippen molar-refractivity contribution < 1.29 is 19.1 Å². The van der Waals surface area contributed by atoms with Crippen molar-refractivity contribution in [2.75, 3.05) is 20.8 Å². The van der Waals surface area contributed by atoms with Crippen LogP contribution in [0.3, 0.4) is 0 Å². The highest BCUT2D eigenvalue weighted by atomic mass is 16.5. The van der Waals surface area contributed by atoms with Gasteiger partial charge in [-0.3, -0.25) is 9.59 Å². The number of hydrogen-bond donors (Lipinski definition) is 2. The summed E-state index contributed by atoms with van der Waals surface area (Å²) in [5.41, 5.74) is 2.77. The van der Waals surface area contributed by atoms with Crippen LogP contribution in [0.5, 0.6) is 11.5 Å². The molecule has 1 rings (SSSR count). The van der Waals surface area contributed by atoms with Crippen molar-refractivity contribution in [2.24, 2.45) is 5.10 Å². The molecule has 0 aromatic heterocycles. The minimum absolute atomic E-state index is 0.377. The fourth-order valence-electron chi connectivity index (χ4n) is 1.38. The van der Waals surface area contributed by atoms with Crippen molar-refractivity contribution in [1.82, 2.24) is 10.7 Å². The van der Waals surface area contributed by atoms with Gasteiger partial charge in [0.25, 0.3) is 0 Å². The van der Waals surface area contributed by atoms with Crippen molar-refractivity contribution in [2.45, 2.75) is 6.92 Å². The zero-order chi connectivity index (χ0) is 15.0. The van der Waals surface area contributed by atoms with Gasteiger partial charge in [-0.15, -0.1) is 0 Å². The third-order valence-electron chi connectivity index (χ3n) is 2.35. The zero-order valence-electron chi connectivity index (χ0n) is 11.6. The van der Waals surface area contributed by atoms with Gasteiger partial charge in [-0.25, -0.2) is 5.43 Å². The maximum Gasteiger partial charge on any atom is 0.329 e. The van der Waals surface area contributed by atoms with Gasteiger partial charge in [-0.1, -0.05) is 0 Å². The number of carbonyl (C=O) groups excluding carboxylic acids is 2. The van der Waals surface area contributed by atoms with Crippen molar-refractivity contribution in [1.29, 1.82) is 0 Å². The molecule has 0 radical (unpaired) electrons. The van der Waals surface area contributed by atoms with Gasteiger partial charge in [0.1, 0.15) is 11.5 Å². The van der Waals surface area contributed by atoms with Crippen molar-refractivity contribution in [3.05, 3.63) is 23.8 Å². The highest BCUT2D eigenvalue weighted by Crippen LogP contribution is 2.22. The number of hydrogen-bond acceptors (Lipinski definition) is 5. The number of carbonyl (C=O) groups is 2. The van der Waals surface area contributed by atoms with Crippen LogP contribution in [-0.4, -0.2) is 38.8 Å². The zero-order valence-corrected chi connectivity index (χ0v) is 11.6. The summed E-state index contributed by atoms with van der Waals surface area (Å²) in [6.45, 7) is 2.10. The Morgan fingerprint density at radius 3 is 2.60 bits per heavy atom. The summed E-state index contributed by atoms with van der Waals surface area (Å²) in [4.78, 5) is 22.4. The number of methoxy groups -OCH3 is 2. The molecule has 0 fully saturated rings. The monoisotopic (exact) mass is 279 g/mol. The molecule has 0 heterocycles. The van der Waals surface area contributed by atoms with Crippen LogP contribution in [0.15, 0.2) is 23.3 Å². The van der Waals surface area contributed by atoms with Gasteiger partial charge in [0.05, 0.1) is 20.4 Å². The quantitative estimate of drug-likeness (QED) is 0.460. The van der Waals surface area contributed by atoms with Crippen LogP contribution in [-0.2, 0) is 9.59 Å². The molecule has 7 nitrogen and oxygen atoms in total. The van der Waals surface area contributed by atoms with Crippen LogP contribution in [0.25, 0.3) is 0 Å². The molecule has 7 heteroatoms. The summed E-state index contributed by atoms with van der Waals surface area (Å²) in [6.07, 6.45) is 1.38. The average Bonchev–Trinajstić information content (AvgIpc) is 2.47. The predicted octanol–water partition coefficient (Wildman–Crippen LogP) is 0.290. The van der Waals surface area contributed by atoms with Crippen molar-refractivity contribution in [3.63, 3.8) is 0 Å². The largest absolute Gasteiger partial charge is 0.497 e. The van der Waals surface area contributed by atoms with Crippen molar-refractivity contribution in [3.8, 4) is 11.5 Å². The van der Waals surface area contributed by atoms with E-state index in [1.54, 1.807) is 32.2 Å². The van der Waals surface area contributed by atoms with E-state index in [0.717, 1.165) is 0 Å². The molecule has 0 aliphatic rings. The van der Waals surface area contributed by atoms with Crippen LogP contribution < -0.4 is 20.2 Å². The Hall–Kier alpha value is -2.57. The second kappa shape index (κ2) is 7.78. The molecule has 2 amide bonds. The minimum atomic E-state index is -0.824. The molecule has 1 aromatic carbocycles. The second-order valence-electron chi connectivity index (χ2n) is 3.67. The first-order valence-electron chi connectivity index (χ1n) is 5.95. The summed E-state index contributed by atoms with van der Waals surface area (Å²) >= 11 is 0. The molecule has 0 saturated heterocycles. The highest BCUT2D eigenvalue weighted by molar-refractivity contribution is 6.35. The maximum atomic E-state index is 11.3. The fraction of sp³-hybridized carbons (Fsp3) is 0.308. The van der Waals surface area contributed by atoms with Gasteiger partial charge in [0.2, 0.25) is 0 Å². The molecular formula is C13H17N3O4. The third-order valence-corrected chi connectivity index (χ3v) is 2.35. The Labute approximate surface area is 117 Å². The van der Waals surface area contributed by atoms with Gasteiger partial charge >= 0.3 is 11.8 Å². The summed E-state index contributed by atoms with van der Waals surface area (Å²) in [6, 6.07) is 5.14. The highest BCUT2D eigenvalue weighted by Gasteiger charge is 2.10. The van der Waals surface area contributed by atoms with E-state index in [1.807, 2.05) is 0 Å². The number of nitrogens with zero attached hydrogens (tertiary/aromatic N) is 1. The molecule has 108 valence electrons. The Balaban J connectivity index is 2.71. The topological polar surface area (TPSA) is 89.0 Å². The molecule has 20 heavy (non-hydrogen) atoms. The number of amides is 2. The number of ether oxygens (including phenoxy) is 2. The Bertz CT molecular complexity index is 514. The average molecular weight is 279 g/mol. The summed E-state index contributed by atoms with van der Waals surface area (Å²) in [5, 5.41) is 6.07. The van der Waals surface area contributed by atoms with Crippen LogP contribution in [0.4, 0.5) is 0 Å². The van der Waals surface area contributed by atoms with Gasteiger partial charge in [0, 0.05) is 18.2 Å². The molecule has 0 aliphatic carbocycles. The molecule has 0 spiro atoms. The molecule has 0 aliphatic heterocycles. The Morgan fingerprint density at radius 2 is 2.00 bits per heavy atom. The SMILES string of the molecule is CCNC(=O)C(=O)N/N=C/c1ccc(OC)cc1OC. The lowest BCUT2D eigenvalue weighted by Crippen LogP contribution is -2.37. The lowest BCUT2D eigenvalue weighted by Gasteiger charge is -2.06. The smallest absolute Gasteiger partial charge is 0.329 e. The molecule has 0 unspecified atom stereocenters. The van der Waals surface area contributed by atoms with Gasteiger partial charge in [-0.2, -0.15) is 5.10 Å². The molecule has 1 aromatic rings. The summed E-state index contributed by atoms with van der Waals surface area (Å²) in [5.74, 6) is -0.368. The van der Waals surface area contributed by atoms with E-state index in [-0.39, 0.29) is 0 Å². The second-order valence-corrected chi connectivity index (χ2v) is 3.67. The van der Waals surface area contributed by atoms with Crippen LogP contribution in [0.2, 0.25) is 0 Å². The lowest BCUT2D eigenvalue weighted by molar-refractivity contribution is -0.139. The maximum absolute atomic E-state index is 11.3. The van der Waals surface area contributed by atoms with Crippen LogP contribution >= 0.6 is 0 Å². The molecule has 0 saturated carbocycles. The Morgan fingerprint density at radius 1 is 1.25 bits per heavy atom. The molecule has 0 atom stereocenters. The van der Waals surface area contributed by atoms with Crippen LogP contribution in [0, 0.1) is 0 Å². The number of likely N-dealkylation sites (N-methyl/N-ethyl adjacent to an activating group) is 1. The fourth-order valence-corrected chi connectivity index (χ4v) is 1.38. The standard InChI is InChI=1S/C13H17N3O4/c1-4-14-12(17)13(18)16-15-8-9-5-6-10(19-2)7-11(9)20-3/h5-8H,4H2,1-3H3,(H,14,17)(H,16,18)/b15-8+. The van der Waals surface area contributed by atoms with Gasteiger partial charge in [0.15, 0.2) is 0 Å². The number of benzene rings is 1. The molecular weight excluding hydrogens is 262 g/mol. The lowest BCUT2D eigenvalue weighted by atomic mass is 10.2. The van der Waals surface area contributed by atoms with E-state index in [0.29, 0.717) is 23.6 Å². The first-order chi connectivity index (χ1) is 9.62. The van der Waals surface area contributed by atoms with E-state index in [9.17, 15) is 9.59 Å². The van der Waals surface area contributed by atoms with E-state index in [1.165, 1.54) is 13.3 Å². The first-order valence-corrected chi connectivity index (χ1v) is 5.95. The normalized spacial score (nSPS) is 10.2. The van der Waals surface area contributed by atoms with Gasteiger partial charge < -0.3 is 14.8 Å². The Kier molecular flexibility index (Phi) is 6.02. The predicted molar refractivity (Wildman–Crippen MR) is 74.0 cm³/mol. The number of nitrogens with one attached hydrogen (secondary N) is 2. The summed E-state index contributed by atoms with van der Waals surface area (Å²) in [7, 11) is 3.06. The number of rotatable bonds is 5. The van der Waals surface area contributed by atoms with Gasteiger partial charge in [-0.05, 0) is 19.1 Å². The van der Waals surface area contributed by atoms with E-state index >= 15 is 0 Å². The molecule has 0 bridgehead atoms. The van der Waals surface area contributed by atoms with Crippen molar-refractivity contribution >= 4 is 18.0 Å². The first kappa shape index (κ1) is 15.5. The van der Waals surface area contributed by atoms with Crippen LogP contribution in [0.1, 0.15) is 12.5 Å². The van der Waals surface area contributed by atoms with E-state index < -0.39 is 11.8 Å². The number of hydrazone groups is 1. The minimum Gasteiger partial charge on any atom is -0.497 e. The molecule has 2 N–H and O–H groups in total. The van der Waals surface area contributed by atoms with E-state index in [2.05, 4.69) is 15.8 Å². The van der Waals surface area contributed by atoms with E-state index in [4.69, 9.17) is 9.47 Å². The third kappa shape index (κ3) is 4.27.